The molecule has 0 bridgehead atoms. The van der Waals surface area contributed by atoms with E-state index in [1.807, 2.05) is 0 Å². The number of hydrogen-bond donors (Lipinski definition) is 3. The fourth-order valence-electron chi connectivity index (χ4n) is 2.52. The molecule has 0 unspecified atom stereocenters. The van der Waals surface area contributed by atoms with Crippen LogP contribution in [-0.4, -0.2) is 54.7 Å². The number of ether oxygens (including phenoxy) is 1. The standard InChI is InChI=1S/C12H13N3O6/c16-5-8-9(17)10(18)12(21-8)14-4-2-6-7(15(19)20)1-3-13-11(6)14/h1-4,8-10,12,16-18H,5H2/t8-,9-,10-,12-/m1/s1. The van der Waals surface area contributed by atoms with Crippen LogP contribution in [0.4, 0.5) is 5.69 Å². The number of aliphatic hydroxyl groups excluding tert-OH is 3. The van der Waals surface area contributed by atoms with E-state index >= 15 is 0 Å². The lowest BCUT2D eigenvalue weighted by Crippen LogP contribution is -2.33. The number of rotatable bonds is 3. The molecular weight excluding hydrogens is 282 g/mol. The first-order chi connectivity index (χ1) is 10.0. The molecular formula is C12H13N3O6. The van der Waals surface area contributed by atoms with Crippen LogP contribution in [0.5, 0.6) is 0 Å². The Morgan fingerprint density at radius 1 is 1.38 bits per heavy atom. The molecule has 1 saturated heterocycles. The van der Waals surface area contributed by atoms with E-state index in [0.29, 0.717) is 5.39 Å². The molecule has 2 aromatic heterocycles. The van der Waals surface area contributed by atoms with Crippen molar-refractivity contribution in [3.05, 3.63) is 34.6 Å². The zero-order valence-electron chi connectivity index (χ0n) is 10.7. The SMILES string of the molecule is O=[N+]([O-])c1ccnc2c1ccn2[C@@H]1O[C@H](CO)[C@@H](O)[C@H]1O. The van der Waals surface area contributed by atoms with Gasteiger partial charge in [0.1, 0.15) is 24.0 Å². The van der Waals surface area contributed by atoms with Crippen molar-refractivity contribution in [2.75, 3.05) is 6.61 Å². The molecule has 0 aromatic carbocycles. The van der Waals surface area contributed by atoms with E-state index in [1.165, 1.54) is 29.1 Å². The molecule has 1 fully saturated rings. The Hall–Kier alpha value is -2.07. The van der Waals surface area contributed by atoms with Gasteiger partial charge in [-0.15, -0.1) is 0 Å². The summed E-state index contributed by atoms with van der Waals surface area (Å²) in [7, 11) is 0. The van der Waals surface area contributed by atoms with Crippen molar-refractivity contribution in [2.45, 2.75) is 24.5 Å². The van der Waals surface area contributed by atoms with Crippen LogP contribution in [0.2, 0.25) is 0 Å². The summed E-state index contributed by atoms with van der Waals surface area (Å²) in [6.45, 7) is -0.443. The van der Waals surface area contributed by atoms with E-state index in [-0.39, 0.29) is 11.3 Å². The second kappa shape index (κ2) is 5.04. The molecule has 0 saturated carbocycles. The predicted octanol–water partition coefficient (Wildman–Crippen LogP) is -0.444. The molecule has 9 heteroatoms. The minimum Gasteiger partial charge on any atom is -0.394 e. The van der Waals surface area contributed by atoms with Crippen LogP contribution in [0.25, 0.3) is 11.0 Å². The molecule has 3 rings (SSSR count). The van der Waals surface area contributed by atoms with Gasteiger partial charge < -0.3 is 24.6 Å². The van der Waals surface area contributed by atoms with Crippen LogP contribution in [0.15, 0.2) is 24.5 Å². The van der Waals surface area contributed by atoms with Crippen LogP contribution < -0.4 is 0 Å². The molecule has 9 nitrogen and oxygen atoms in total. The van der Waals surface area contributed by atoms with Gasteiger partial charge in [-0.2, -0.15) is 0 Å². The highest BCUT2D eigenvalue weighted by Crippen LogP contribution is 2.33. The lowest BCUT2D eigenvalue weighted by Gasteiger charge is -2.17. The monoisotopic (exact) mass is 295 g/mol. The van der Waals surface area contributed by atoms with Gasteiger partial charge in [-0.25, -0.2) is 4.98 Å². The van der Waals surface area contributed by atoms with Crippen molar-refractivity contribution in [2.24, 2.45) is 0 Å². The van der Waals surface area contributed by atoms with Gasteiger partial charge in [-0.1, -0.05) is 0 Å². The minimum absolute atomic E-state index is 0.106. The second-order valence-electron chi connectivity index (χ2n) is 4.78. The van der Waals surface area contributed by atoms with E-state index in [1.54, 1.807) is 0 Å². The first kappa shape index (κ1) is 13.9. The van der Waals surface area contributed by atoms with Crippen molar-refractivity contribution in [1.29, 1.82) is 0 Å². The molecule has 0 spiro atoms. The van der Waals surface area contributed by atoms with Crippen LogP contribution >= 0.6 is 0 Å². The number of nitro groups is 1. The van der Waals surface area contributed by atoms with Crippen molar-refractivity contribution in [1.82, 2.24) is 9.55 Å². The minimum atomic E-state index is -1.26. The van der Waals surface area contributed by atoms with Gasteiger partial charge in [0.25, 0.3) is 5.69 Å². The van der Waals surface area contributed by atoms with Crippen molar-refractivity contribution in [3.8, 4) is 0 Å². The predicted molar refractivity (Wildman–Crippen MR) is 69.4 cm³/mol. The van der Waals surface area contributed by atoms with E-state index in [0.717, 1.165) is 0 Å². The summed E-state index contributed by atoms with van der Waals surface area (Å²) in [6.07, 6.45) is -1.61. The molecule has 2 aromatic rings. The summed E-state index contributed by atoms with van der Waals surface area (Å²) in [4.78, 5) is 14.5. The van der Waals surface area contributed by atoms with Gasteiger partial charge in [0.05, 0.1) is 16.9 Å². The molecule has 3 heterocycles. The van der Waals surface area contributed by atoms with Crippen LogP contribution in [0.3, 0.4) is 0 Å². The first-order valence-electron chi connectivity index (χ1n) is 6.27. The molecule has 4 atom stereocenters. The Labute approximate surface area is 118 Å². The number of fused-ring (bicyclic) bond motifs is 1. The highest BCUT2D eigenvalue weighted by atomic mass is 16.6. The molecule has 0 amide bonds. The van der Waals surface area contributed by atoms with Gasteiger partial charge in [0, 0.05) is 18.5 Å². The van der Waals surface area contributed by atoms with Crippen molar-refractivity contribution >= 4 is 16.7 Å². The number of aromatic nitrogens is 2. The molecule has 21 heavy (non-hydrogen) atoms. The number of aliphatic hydroxyl groups is 3. The quantitative estimate of drug-likeness (QED) is 0.516. The summed E-state index contributed by atoms with van der Waals surface area (Å²) in [6, 6.07) is 2.78. The van der Waals surface area contributed by atoms with E-state index in [2.05, 4.69) is 4.98 Å². The van der Waals surface area contributed by atoms with E-state index in [4.69, 9.17) is 9.84 Å². The average molecular weight is 295 g/mol. The first-order valence-corrected chi connectivity index (χ1v) is 6.27. The summed E-state index contributed by atoms with van der Waals surface area (Å²) in [5.74, 6) is 0. The summed E-state index contributed by atoms with van der Waals surface area (Å²) in [5, 5.41) is 40.1. The van der Waals surface area contributed by atoms with Crippen LogP contribution in [0.1, 0.15) is 6.23 Å². The van der Waals surface area contributed by atoms with E-state index < -0.39 is 36.1 Å². The smallest absolute Gasteiger partial charge is 0.281 e. The highest BCUT2D eigenvalue weighted by Gasteiger charge is 2.43. The topological polar surface area (TPSA) is 131 Å². The fourth-order valence-corrected chi connectivity index (χ4v) is 2.52. The maximum absolute atomic E-state index is 11.0. The third kappa shape index (κ3) is 2.07. The molecule has 0 radical (unpaired) electrons. The normalized spacial score (nSPS) is 29.1. The second-order valence-corrected chi connectivity index (χ2v) is 4.78. The Morgan fingerprint density at radius 2 is 2.14 bits per heavy atom. The van der Waals surface area contributed by atoms with E-state index in [9.17, 15) is 20.3 Å². The summed E-state index contributed by atoms with van der Waals surface area (Å²) >= 11 is 0. The maximum atomic E-state index is 11.0. The molecule has 112 valence electrons. The van der Waals surface area contributed by atoms with Crippen molar-refractivity contribution < 1.29 is 25.0 Å². The third-order valence-electron chi connectivity index (χ3n) is 3.58. The van der Waals surface area contributed by atoms with Crippen molar-refractivity contribution in [3.63, 3.8) is 0 Å². The zero-order chi connectivity index (χ0) is 15.1. The van der Waals surface area contributed by atoms with Gasteiger partial charge in [0.15, 0.2) is 6.23 Å². The molecule has 0 aliphatic carbocycles. The Kier molecular flexibility index (Phi) is 3.33. The van der Waals surface area contributed by atoms with Gasteiger partial charge >= 0.3 is 0 Å². The number of pyridine rings is 1. The highest BCUT2D eigenvalue weighted by molar-refractivity contribution is 5.85. The van der Waals surface area contributed by atoms with Crippen LogP contribution in [0, 0.1) is 10.1 Å². The molecule has 3 N–H and O–H groups in total. The lowest BCUT2D eigenvalue weighted by atomic mass is 10.1. The zero-order valence-corrected chi connectivity index (χ0v) is 10.7. The molecule has 1 aliphatic heterocycles. The Bertz CT molecular complexity index is 687. The average Bonchev–Trinajstić information content (AvgIpc) is 3.01. The van der Waals surface area contributed by atoms with Crippen LogP contribution in [-0.2, 0) is 4.74 Å². The largest absolute Gasteiger partial charge is 0.394 e. The number of nitrogens with zero attached hydrogens (tertiary/aromatic N) is 3. The summed E-state index contributed by atoms with van der Waals surface area (Å²) in [5.41, 5.74) is 0.157. The molecule has 1 aliphatic rings. The Morgan fingerprint density at radius 3 is 2.76 bits per heavy atom. The third-order valence-corrected chi connectivity index (χ3v) is 3.58. The van der Waals surface area contributed by atoms with Gasteiger partial charge in [-0.05, 0) is 6.07 Å². The maximum Gasteiger partial charge on any atom is 0.281 e. The summed E-state index contributed by atoms with van der Waals surface area (Å²) < 4.78 is 6.80. The van der Waals surface area contributed by atoms with Gasteiger partial charge in [0.2, 0.25) is 0 Å². The Balaban J connectivity index is 2.06. The lowest BCUT2D eigenvalue weighted by molar-refractivity contribution is -0.383. The number of hydrogen-bond acceptors (Lipinski definition) is 7. The fraction of sp³-hybridized carbons (Fsp3) is 0.417. The van der Waals surface area contributed by atoms with Gasteiger partial charge in [-0.3, -0.25) is 10.1 Å².